The SMILES string of the molecule is CN(C)C(=O)COCCCC1CCCNC1. The summed E-state index contributed by atoms with van der Waals surface area (Å²) in [4.78, 5) is 12.8. The molecule has 4 heteroatoms. The Bertz CT molecular complexity index is 201. The number of nitrogens with zero attached hydrogens (tertiary/aromatic N) is 1. The van der Waals surface area contributed by atoms with Gasteiger partial charge in [-0.1, -0.05) is 0 Å². The molecule has 1 unspecified atom stereocenters. The highest BCUT2D eigenvalue weighted by molar-refractivity contribution is 5.76. The van der Waals surface area contributed by atoms with Gasteiger partial charge in [0.2, 0.25) is 5.91 Å². The van der Waals surface area contributed by atoms with Gasteiger partial charge in [0, 0.05) is 20.7 Å². The maximum Gasteiger partial charge on any atom is 0.248 e. The van der Waals surface area contributed by atoms with Crippen LogP contribution in [0, 0.1) is 5.92 Å². The maximum atomic E-state index is 11.2. The van der Waals surface area contributed by atoms with Crippen molar-refractivity contribution in [2.75, 3.05) is 40.4 Å². The van der Waals surface area contributed by atoms with Crippen LogP contribution in [-0.4, -0.2) is 51.2 Å². The third kappa shape index (κ3) is 5.47. The summed E-state index contributed by atoms with van der Waals surface area (Å²) in [6, 6.07) is 0. The molecule has 94 valence electrons. The van der Waals surface area contributed by atoms with Gasteiger partial charge in [-0.3, -0.25) is 4.79 Å². The molecule has 1 atom stereocenters. The van der Waals surface area contributed by atoms with E-state index in [9.17, 15) is 4.79 Å². The second-order valence-corrected chi connectivity index (χ2v) is 4.70. The van der Waals surface area contributed by atoms with E-state index in [2.05, 4.69) is 5.32 Å². The molecule has 0 saturated carbocycles. The average molecular weight is 228 g/mol. The summed E-state index contributed by atoms with van der Waals surface area (Å²) in [5.41, 5.74) is 0. The van der Waals surface area contributed by atoms with E-state index in [1.54, 1.807) is 19.0 Å². The van der Waals surface area contributed by atoms with Gasteiger partial charge in [-0.15, -0.1) is 0 Å². The number of likely N-dealkylation sites (N-methyl/N-ethyl adjacent to an activating group) is 1. The molecular formula is C12H24N2O2. The Morgan fingerprint density at radius 3 is 2.94 bits per heavy atom. The number of rotatable bonds is 6. The van der Waals surface area contributed by atoms with Crippen molar-refractivity contribution in [2.24, 2.45) is 5.92 Å². The number of hydrogen-bond donors (Lipinski definition) is 1. The van der Waals surface area contributed by atoms with E-state index < -0.39 is 0 Å². The number of ether oxygens (including phenoxy) is 1. The average Bonchev–Trinajstić information content (AvgIpc) is 2.29. The third-order valence-electron chi connectivity index (χ3n) is 3.02. The topological polar surface area (TPSA) is 41.6 Å². The van der Waals surface area contributed by atoms with Crippen LogP contribution in [0.2, 0.25) is 0 Å². The van der Waals surface area contributed by atoms with Crippen LogP contribution in [0.4, 0.5) is 0 Å². The van der Waals surface area contributed by atoms with Gasteiger partial charge in [-0.05, 0) is 44.7 Å². The first-order chi connectivity index (χ1) is 7.70. The molecule has 1 aliphatic heterocycles. The normalized spacial score (nSPS) is 20.8. The zero-order chi connectivity index (χ0) is 11.8. The highest BCUT2D eigenvalue weighted by Crippen LogP contribution is 2.15. The van der Waals surface area contributed by atoms with Crippen LogP contribution in [0.15, 0.2) is 0 Å². The van der Waals surface area contributed by atoms with Gasteiger partial charge in [0.25, 0.3) is 0 Å². The smallest absolute Gasteiger partial charge is 0.248 e. The van der Waals surface area contributed by atoms with Crippen LogP contribution in [0.1, 0.15) is 25.7 Å². The van der Waals surface area contributed by atoms with E-state index >= 15 is 0 Å². The number of carbonyl (C=O) groups is 1. The lowest BCUT2D eigenvalue weighted by molar-refractivity contribution is -0.133. The Labute approximate surface area is 98.3 Å². The van der Waals surface area contributed by atoms with E-state index in [4.69, 9.17) is 4.74 Å². The zero-order valence-corrected chi connectivity index (χ0v) is 10.5. The largest absolute Gasteiger partial charge is 0.372 e. The molecule has 1 saturated heterocycles. The van der Waals surface area contributed by atoms with Crippen molar-refractivity contribution in [3.63, 3.8) is 0 Å². The van der Waals surface area contributed by atoms with Gasteiger partial charge in [0.15, 0.2) is 0 Å². The molecule has 1 N–H and O–H groups in total. The lowest BCUT2D eigenvalue weighted by Crippen LogP contribution is -2.30. The van der Waals surface area contributed by atoms with Crippen LogP contribution in [0.25, 0.3) is 0 Å². The fourth-order valence-electron chi connectivity index (χ4n) is 1.93. The van der Waals surface area contributed by atoms with Crippen LogP contribution < -0.4 is 5.32 Å². The summed E-state index contributed by atoms with van der Waals surface area (Å²) >= 11 is 0. The molecule has 1 fully saturated rings. The molecule has 0 aromatic rings. The first kappa shape index (κ1) is 13.5. The van der Waals surface area contributed by atoms with Gasteiger partial charge in [0.05, 0.1) is 0 Å². The van der Waals surface area contributed by atoms with Crippen LogP contribution in [-0.2, 0) is 9.53 Å². The predicted molar refractivity (Wildman–Crippen MR) is 64.3 cm³/mol. The maximum absolute atomic E-state index is 11.2. The number of nitrogens with one attached hydrogen (secondary N) is 1. The molecule has 0 bridgehead atoms. The fraction of sp³-hybridized carbons (Fsp3) is 0.917. The van der Waals surface area contributed by atoms with Crippen molar-refractivity contribution in [3.05, 3.63) is 0 Å². The van der Waals surface area contributed by atoms with Crippen molar-refractivity contribution in [1.29, 1.82) is 0 Å². The van der Waals surface area contributed by atoms with Gasteiger partial charge < -0.3 is 15.0 Å². The summed E-state index contributed by atoms with van der Waals surface area (Å²) in [5, 5.41) is 3.41. The number of carbonyl (C=O) groups excluding carboxylic acids is 1. The van der Waals surface area contributed by atoms with Crippen molar-refractivity contribution in [2.45, 2.75) is 25.7 Å². The van der Waals surface area contributed by atoms with E-state index in [0.717, 1.165) is 18.9 Å². The molecule has 0 aromatic heterocycles. The third-order valence-corrected chi connectivity index (χ3v) is 3.02. The van der Waals surface area contributed by atoms with E-state index in [1.165, 1.54) is 25.8 Å². The van der Waals surface area contributed by atoms with Gasteiger partial charge in [-0.25, -0.2) is 0 Å². The summed E-state index contributed by atoms with van der Waals surface area (Å²) in [5.74, 6) is 0.848. The fourth-order valence-corrected chi connectivity index (χ4v) is 1.93. The van der Waals surface area contributed by atoms with Gasteiger partial charge >= 0.3 is 0 Å². The molecule has 1 rings (SSSR count). The number of amides is 1. The predicted octanol–water partition coefficient (Wildman–Crippen LogP) is 0.871. The summed E-state index contributed by atoms with van der Waals surface area (Å²) in [6.07, 6.45) is 4.91. The van der Waals surface area contributed by atoms with Crippen molar-refractivity contribution in [1.82, 2.24) is 10.2 Å². The van der Waals surface area contributed by atoms with Crippen LogP contribution in [0.3, 0.4) is 0 Å². The Hall–Kier alpha value is -0.610. The molecule has 1 heterocycles. The van der Waals surface area contributed by atoms with Gasteiger partial charge in [-0.2, -0.15) is 0 Å². The highest BCUT2D eigenvalue weighted by Gasteiger charge is 2.12. The molecule has 0 aromatic carbocycles. The van der Waals surface area contributed by atoms with Gasteiger partial charge in [0.1, 0.15) is 6.61 Å². The van der Waals surface area contributed by atoms with E-state index in [1.807, 2.05) is 0 Å². The summed E-state index contributed by atoms with van der Waals surface area (Å²) in [6.45, 7) is 3.24. The summed E-state index contributed by atoms with van der Waals surface area (Å²) < 4.78 is 5.34. The van der Waals surface area contributed by atoms with Crippen LogP contribution in [0.5, 0.6) is 0 Å². The van der Waals surface area contributed by atoms with Crippen molar-refractivity contribution >= 4 is 5.91 Å². The molecule has 1 amide bonds. The lowest BCUT2D eigenvalue weighted by Gasteiger charge is -2.22. The lowest BCUT2D eigenvalue weighted by atomic mass is 9.95. The second kappa shape index (κ2) is 7.63. The number of piperidine rings is 1. The standard InChI is InChI=1S/C12H24N2O2/c1-14(2)12(15)10-16-8-4-6-11-5-3-7-13-9-11/h11,13H,3-10H2,1-2H3. The Balaban J connectivity index is 1.93. The summed E-state index contributed by atoms with van der Waals surface area (Å²) in [7, 11) is 3.50. The first-order valence-electron chi connectivity index (χ1n) is 6.18. The molecule has 4 nitrogen and oxygen atoms in total. The highest BCUT2D eigenvalue weighted by atomic mass is 16.5. The molecule has 0 spiro atoms. The van der Waals surface area contributed by atoms with Crippen LogP contribution >= 0.6 is 0 Å². The Morgan fingerprint density at radius 1 is 1.50 bits per heavy atom. The minimum atomic E-state index is 0.0410. The molecule has 0 aliphatic carbocycles. The molecule has 0 radical (unpaired) electrons. The van der Waals surface area contributed by atoms with E-state index in [-0.39, 0.29) is 12.5 Å². The Kier molecular flexibility index (Phi) is 6.42. The monoisotopic (exact) mass is 228 g/mol. The molecule has 1 aliphatic rings. The minimum Gasteiger partial charge on any atom is -0.372 e. The van der Waals surface area contributed by atoms with Crippen molar-refractivity contribution < 1.29 is 9.53 Å². The zero-order valence-electron chi connectivity index (χ0n) is 10.5. The van der Waals surface area contributed by atoms with Crippen molar-refractivity contribution in [3.8, 4) is 0 Å². The molecule has 16 heavy (non-hydrogen) atoms. The minimum absolute atomic E-state index is 0.0410. The second-order valence-electron chi connectivity index (χ2n) is 4.70. The first-order valence-corrected chi connectivity index (χ1v) is 6.18. The Morgan fingerprint density at radius 2 is 2.31 bits per heavy atom. The quantitative estimate of drug-likeness (QED) is 0.686. The van der Waals surface area contributed by atoms with E-state index in [0.29, 0.717) is 6.61 Å². The number of hydrogen-bond acceptors (Lipinski definition) is 3. The molecular weight excluding hydrogens is 204 g/mol.